The Morgan fingerprint density at radius 3 is 2.48 bits per heavy atom. The maximum Gasteiger partial charge on any atom is 0.363 e. The van der Waals surface area contributed by atoms with Gasteiger partial charge in [0.05, 0.1) is 0 Å². The molecular weight excluding hydrogens is 264 g/mol. The second kappa shape index (κ2) is 5.72. The maximum atomic E-state index is 11.9. The summed E-state index contributed by atoms with van der Waals surface area (Å²) in [5.41, 5.74) is 2.50. The molecule has 1 aromatic rings. The van der Waals surface area contributed by atoms with E-state index in [9.17, 15) is 4.79 Å². The van der Waals surface area contributed by atoms with Crippen LogP contribution < -0.4 is 4.90 Å². The lowest BCUT2D eigenvalue weighted by Crippen LogP contribution is -2.12. The molecule has 4 heteroatoms. The Kier molecular flexibility index (Phi) is 3.78. The number of benzene rings is 1. The van der Waals surface area contributed by atoms with Gasteiger partial charge in [-0.25, -0.2) is 9.79 Å². The topological polar surface area (TPSA) is 41.9 Å². The van der Waals surface area contributed by atoms with E-state index in [-0.39, 0.29) is 5.97 Å². The third kappa shape index (κ3) is 2.99. The molecule has 0 radical (unpaired) electrons. The second-order valence-electron chi connectivity index (χ2n) is 5.84. The Morgan fingerprint density at radius 2 is 1.86 bits per heavy atom. The van der Waals surface area contributed by atoms with Crippen molar-refractivity contribution in [3.63, 3.8) is 0 Å². The van der Waals surface area contributed by atoms with E-state index in [1.807, 2.05) is 43.3 Å². The van der Waals surface area contributed by atoms with Gasteiger partial charge in [-0.05, 0) is 36.6 Å². The summed E-state index contributed by atoms with van der Waals surface area (Å²) in [6.45, 7) is 0. The lowest BCUT2D eigenvalue weighted by Gasteiger charge is -2.11. The van der Waals surface area contributed by atoms with E-state index in [4.69, 9.17) is 4.74 Å². The number of esters is 1. The molecule has 1 aliphatic carbocycles. The van der Waals surface area contributed by atoms with Gasteiger partial charge in [-0.1, -0.05) is 25.0 Å². The summed E-state index contributed by atoms with van der Waals surface area (Å²) in [7, 11) is 4.00. The van der Waals surface area contributed by atoms with Gasteiger partial charge < -0.3 is 9.64 Å². The average molecular weight is 284 g/mol. The van der Waals surface area contributed by atoms with Gasteiger partial charge in [0.25, 0.3) is 0 Å². The number of hydrogen-bond acceptors (Lipinski definition) is 4. The summed E-state index contributed by atoms with van der Waals surface area (Å²) >= 11 is 0. The van der Waals surface area contributed by atoms with Gasteiger partial charge in [0, 0.05) is 25.7 Å². The highest BCUT2D eigenvalue weighted by atomic mass is 16.6. The number of aliphatic imine (C=N–C) groups is 1. The van der Waals surface area contributed by atoms with Crippen molar-refractivity contribution in [3.8, 4) is 0 Å². The minimum absolute atomic E-state index is 0.325. The fourth-order valence-corrected chi connectivity index (χ4v) is 2.80. The summed E-state index contributed by atoms with van der Waals surface area (Å²) in [6, 6.07) is 8.01. The first kappa shape index (κ1) is 13.9. The van der Waals surface area contributed by atoms with Crippen LogP contribution in [-0.4, -0.2) is 26.0 Å². The van der Waals surface area contributed by atoms with Crippen molar-refractivity contribution in [1.29, 1.82) is 0 Å². The van der Waals surface area contributed by atoms with E-state index in [1.54, 1.807) is 6.08 Å². The van der Waals surface area contributed by atoms with Gasteiger partial charge in [-0.2, -0.15) is 0 Å². The summed E-state index contributed by atoms with van der Waals surface area (Å²) in [5, 5.41) is 0. The average Bonchev–Trinajstić information content (AvgIpc) is 3.10. The van der Waals surface area contributed by atoms with Crippen LogP contribution in [0, 0.1) is 5.92 Å². The van der Waals surface area contributed by atoms with Gasteiger partial charge in [0.1, 0.15) is 0 Å². The number of hydrogen-bond donors (Lipinski definition) is 0. The van der Waals surface area contributed by atoms with Crippen molar-refractivity contribution in [2.75, 3.05) is 19.0 Å². The summed E-state index contributed by atoms with van der Waals surface area (Å²) in [5.74, 6) is 0.623. The van der Waals surface area contributed by atoms with Crippen molar-refractivity contribution in [3.05, 3.63) is 35.5 Å². The molecule has 0 atom stereocenters. The number of nitrogens with zero attached hydrogens (tertiary/aromatic N) is 2. The van der Waals surface area contributed by atoms with Crippen LogP contribution in [0.25, 0.3) is 6.08 Å². The van der Waals surface area contributed by atoms with E-state index >= 15 is 0 Å². The van der Waals surface area contributed by atoms with Gasteiger partial charge in [-0.3, -0.25) is 0 Å². The predicted molar refractivity (Wildman–Crippen MR) is 84.2 cm³/mol. The lowest BCUT2D eigenvalue weighted by atomic mass is 10.1. The fourth-order valence-electron chi connectivity index (χ4n) is 2.80. The molecule has 1 aliphatic heterocycles. The molecule has 0 aromatic heterocycles. The van der Waals surface area contributed by atoms with Crippen LogP contribution in [0.15, 0.2) is 35.0 Å². The first-order chi connectivity index (χ1) is 10.1. The molecule has 0 bridgehead atoms. The zero-order chi connectivity index (χ0) is 14.8. The Labute approximate surface area is 125 Å². The van der Waals surface area contributed by atoms with Gasteiger partial charge >= 0.3 is 5.97 Å². The molecule has 21 heavy (non-hydrogen) atoms. The van der Waals surface area contributed by atoms with Crippen LogP contribution >= 0.6 is 0 Å². The van der Waals surface area contributed by atoms with Crippen molar-refractivity contribution in [2.24, 2.45) is 10.9 Å². The van der Waals surface area contributed by atoms with Crippen LogP contribution in [0.2, 0.25) is 0 Å². The quantitative estimate of drug-likeness (QED) is 0.632. The minimum atomic E-state index is -0.325. The number of ether oxygens (including phenoxy) is 1. The van der Waals surface area contributed by atoms with E-state index in [2.05, 4.69) is 4.99 Å². The van der Waals surface area contributed by atoms with E-state index in [0.29, 0.717) is 17.5 Å². The number of cyclic esters (lactones) is 1. The molecule has 0 N–H and O–H groups in total. The minimum Gasteiger partial charge on any atom is -0.406 e. The molecule has 1 aromatic carbocycles. The van der Waals surface area contributed by atoms with Crippen LogP contribution in [-0.2, 0) is 9.53 Å². The third-order valence-electron chi connectivity index (χ3n) is 4.05. The predicted octanol–water partition coefficient (Wildman–Crippen LogP) is 3.24. The Morgan fingerprint density at radius 1 is 1.19 bits per heavy atom. The smallest absolute Gasteiger partial charge is 0.363 e. The molecule has 0 spiro atoms. The Hall–Kier alpha value is -2.10. The van der Waals surface area contributed by atoms with Crippen LogP contribution in [0.3, 0.4) is 0 Å². The number of carbonyl (C=O) groups excluding carboxylic acids is 1. The molecule has 4 nitrogen and oxygen atoms in total. The van der Waals surface area contributed by atoms with E-state index < -0.39 is 0 Å². The van der Waals surface area contributed by atoms with Gasteiger partial charge in [0.2, 0.25) is 5.90 Å². The SMILES string of the molecule is CN(C)c1ccc(/C=C2/N=C(C3CCCC3)OC2=O)cc1. The molecular formula is C17H20N2O2. The molecule has 0 amide bonds. The molecule has 1 heterocycles. The summed E-state index contributed by atoms with van der Waals surface area (Å²) in [4.78, 5) is 18.3. The van der Waals surface area contributed by atoms with Crippen LogP contribution in [0.5, 0.6) is 0 Å². The Balaban J connectivity index is 1.80. The van der Waals surface area contributed by atoms with Crippen molar-refractivity contribution >= 4 is 23.6 Å². The first-order valence-electron chi connectivity index (χ1n) is 7.43. The zero-order valence-electron chi connectivity index (χ0n) is 12.5. The molecule has 1 saturated carbocycles. The maximum absolute atomic E-state index is 11.9. The van der Waals surface area contributed by atoms with E-state index in [1.165, 1.54) is 12.8 Å². The van der Waals surface area contributed by atoms with Crippen molar-refractivity contribution in [1.82, 2.24) is 0 Å². The van der Waals surface area contributed by atoms with Crippen LogP contribution in [0.4, 0.5) is 5.69 Å². The Bertz CT molecular complexity index is 594. The number of carbonyl (C=O) groups is 1. The fraction of sp³-hybridized carbons (Fsp3) is 0.412. The highest BCUT2D eigenvalue weighted by molar-refractivity contribution is 6.07. The highest BCUT2D eigenvalue weighted by Crippen LogP contribution is 2.30. The molecule has 3 rings (SSSR count). The van der Waals surface area contributed by atoms with Gasteiger partial charge in [-0.15, -0.1) is 0 Å². The molecule has 0 unspecified atom stereocenters. The standard InChI is InChI=1S/C17H20N2O2/c1-19(2)14-9-7-12(8-10-14)11-15-17(20)21-16(18-15)13-5-3-4-6-13/h7-11,13H,3-6H2,1-2H3/b15-11+. The van der Waals surface area contributed by atoms with E-state index in [0.717, 1.165) is 24.1 Å². The second-order valence-corrected chi connectivity index (χ2v) is 5.84. The summed E-state index contributed by atoms with van der Waals surface area (Å²) < 4.78 is 5.33. The van der Waals surface area contributed by atoms with Crippen molar-refractivity contribution in [2.45, 2.75) is 25.7 Å². The largest absolute Gasteiger partial charge is 0.406 e. The first-order valence-corrected chi connectivity index (χ1v) is 7.43. The third-order valence-corrected chi connectivity index (χ3v) is 4.05. The molecule has 110 valence electrons. The lowest BCUT2D eigenvalue weighted by molar-refractivity contribution is -0.130. The number of rotatable bonds is 3. The monoisotopic (exact) mass is 284 g/mol. The van der Waals surface area contributed by atoms with Crippen molar-refractivity contribution < 1.29 is 9.53 Å². The normalized spacial score (nSPS) is 20.8. The number of anilines is 1. The zero-order valence-corrected chi connectivity index (χ0v) is 12.5. The van der Waals surface area contributed by atoms with Gasteiger partial charge in [0.15, 0.2) is 5.70 Å². The summed E-state index contributed by atoms with van der Waals surface area (Å²) in [6.07, 6.45) is 6.36. The molecule has 2 aliphatic rings. The molecule has 1 fully saturated rings. The molecule has 0 saturated heterocycles. The highest BCUT2D eigenvalue weighted by Gasteiger charge is 2.30. The van der Waals surface area contributed by atoms with Crippen LogP contribution in [0.1, 0.15) is 31.2 Å².